The van der Waals surface area contributed by atoms with E-state index >= 15 is 0 Å². The first-order chi connectivity index (χ1) is 11.8. The number of carbonyl (C=O) groups excluding carboxylic acids is 1. The van der Waals surface area contributed by atoms with Crippen LogP contribution in [0.15, 0.2) is 48.8 Å². The lowest BCUT2D eigenvalue weighted by Gasteiger charge is -2.10. The molecule has 0 atom stereocenters. The Morgan fingerprint density at radius 2 is 2.08 bits per heavy atom. The van der Waals surface area contributed by atoms with Crippen LogP contribution >= 0.6 is 11.3 Å². The minimum Gasteiger partial charge on any atom is -0.347 e. The van der Waals surface area contributed by atoms with E-state index in [0.29, 0.717) is 13.1 Å². The third-order valence-electron chi connectivity index (χ3n) is 4.42. The highest BCUT2D eigenvalue weighted by molar-refractivity contribution is 7.14. The highest BCUT2D eigenvalue weighted by Crippen LogP contribution is 2.30. The fraction of sp³-hybridized carbons (Fsp3) is 0.263. The van der Waals surface area contributed by atoms with Gasteiger partial charge in [-0.1, -0.05) is 24.3 Å². The highest BCUT2D eigenvalue weighted by Gasteiger charge is 2.18. The van der Waals surface area contributed by atoms with Crippen LogP contribution in [0.5, 0.6) is 0 Å². The second kappa shape index (κ2) is 6.61. The molecule has 3 aromatic rings. The van der Waals surface area contributed by atoms with E-state index in [9.17, 15) is 4.79 Å². The van der Waals surface area contributed by atoms with Crippen molar-refractivity contribution in [1.29, 1.82) is 0 Å². The van der Waals surface area contributed by atoms with Gasteiger partial charge in [0.2, 0.25) is 0 Å². The van der Waals surface area contributed by atoms with Gasteiger partial charge in [0.25, 0.3) is 5.91 Å². The van der Waals surface area contributed by atoms with Crippen molar-refractivity contribution >= 4 is 17.2 Å². The summed E-state index contributed by atoms with van der Waals surface area (Å²) in [4.78, 5) is 14.7. The Kier molecular flexibility index (Phi) is 4.17. The van der Waals surface area contributed by atoms with E-state index in [1.165, 1.54) is 22.4 Å². The van der Waals surface area contributed by atoms with Gasteiger partial charge < -0.3 is 5.32 Å². The van der Waals surface area contributed by atoms with E-state index in [2.05, 4.69) is 28.6 Å². The lowest BCUT2D eigenvalue weighted by atomic mass is 10.1. The van der Waals surface area contributed by atoms with Crippen LogP contribution in [0.25, 0.3) is 0 Å². The first-order valence-electron chi connectivity index (χ1n) is 8.23. The molecule has 0 bridgehead atoms. The van der Waals surface area contributed by atoms with Crippen molar-refractivity contribution in [3.8, 4) is 0 Å². The minimum atomic E-state index is 0.0308. The van der Waals surface area contributed by atoms with Crippen LogP contribution in [0, 0.1) is 0 Å². The average Bonchev–Trinajstić information content (AvgIpc) is 3.30. The normalized spacial score (nSPS) is 13.0. The van der Waals surface area contributed by atoms with Gasteiger partial charge in [-0.15, -0.1) is 11.3 Å². The summed E-state index contributed by atoms with van der Waals surface area (Å²) in [5, 5.41) is 7.32. The smallest absolute Gasteiger partial charge is 0.261 e. The summed E-state index contributed by atoms with van der Waals surface area (Å²) in [6, 6.07) is 12.2. The second-order valence-electron chi connectivity index (χ2n) is 6.07. The Morgan fingerprint density at radius 1 is 1.21 bits per heavy atom. The molecular weight excluding hydrogens is 318 g/mol. The van der Waals surface area contributed by atoms with Gasteiger partial charge in [-0.05, 0) is 48.1 Å². The molecule has 0 unspecified atom stereocenters. The number of thiophene rings is 1. The standard InChI is InChI=1S/C19H19N3OS/c23-19(18-11-14-7-3-8-17(14)24-18)20-12-15-5-1-2-6-16(15)13-22-10-4-9-21-22/h1-2,4-6,9-11H,3,7-8,12-13H2,(H,20,23). The van der Waals surface area contributed by atoms with Crippen LogP contribution in [0.4, 0.5) is 0 Å². The van der Waals surface area contributed by atoms with E-state index in [1.807, 2.05) is 29.1 Å². The lowest BCUT2D eigenvalue weighted by molar-refractivity contribution is 0.0955. The maximum absolute atomic E-state index is 12.4. The van der Waals surface area contributed by atoms with Crippen molar-refractivity contribution in [1.82, 2.24) is 15.1 Å². The van der Waals surface area contributed by atoms with Crippen LogP contribution in [0.2, 0.25) is 0 Å². The summed E-state index contributed by atoms with van der Waals surface area (Å²) < 4.78 is 1.89. The number of fused-ring (bicyclic) bond motifs is 1. The quantitative estimate of drug-likeness (QED) is 0.775. The van der Waals surface area contributed by atoms with Crippen LogP contribution in [0.3, 0.4) is 0 Å². The molecule has 0 fully saturated rings. The van der Waals surface area contributed by atoms with E-state index in [4.69, 9.17) is 0 Å². The molecule has 0 radical (unpaired) electrons. The molecule has 0 saturated carbocycles. The molecule has 5 heteroatoms. The summed E-state index contributed by atoms with van der Waals surface area (Å²) in [6.07, 6.45) is 7.19. The minimum absolute atomic E-state index is 0.0308. The summed E-state index contributed by atoms with van der Waals surface area (Å²) in [6.45, 7) is 1.26. The number of aryl methyl sites for hydroxylation is 2. The predicted molar refractivity (Wildman–Crippen MR) is 95.3 cm³/mol. The molecule has 1 aliphatic carbocycles. The monoisotopic (exact) mass is 337 g/mol. The molecule has 0 aliphatic heterocycles. The fourth-order valence-electron chi connectivity index (χ4n) is 3.16. The summed E-state index contributed by atoms with van der Waals surface area (Å²) in [5.74, 6) is 0.0308. The van der Waals surface area contributed by atoms with E-state index in [1.54, 1.807) is 17.5 Å². The molecule has 1 amide bonds. The Bertz CT molecular complexity index is 830. The van der Waals surface area contributed by atoms with Crippen molar-refractivity contribution in [3.63, 3.8) is 0 Å². The zero-order valence-corrected chi connectivity index (χ0v) is 14.2. The molecule has 0 spiro atoms. The molecule has 0 saturated heterocycles. The number of nitrogens with one attached hydrogen (secondary N) is 1. The summed E-state index contributed by atoms with van der Waals surface area (Å²) >= 11 is 1.65. The van der Waals surface area contributed by atoms with E-state index in [0.717, 1.165) is 23.3 Å². The predicted octanol–water partition coefficient (Wildman–Crippen LogP) is 3.41. The molecule has 1 N–H and O–H groups in total. The highest BCUT2D eigenvalue weighted by atomic mass is 32.1. The molecule has 1 aliphatic rings. The first kappa shape index (κ1) is 15.1. The average molecular weight is 337 g/mol. The van der Waals surface area contributed by atoms with Gasteiger partial charge in [0, 0.05) is 23.8 Å². The van der Waals surface area contributed by atoms with Crippen LogP contribution in [-0.4, -0.2) is 15.7 Å². The van der Waals surface area contributed by atoms with Gasteiger partial charge in [0.15, 0.2) is 0 Å². The third kappa shape index (κ3) is 3.12. The number of benzene rings is 1. The number of rotatable bonds is 5. The zero-order valence-electron chi connectivity index (χ0n) is 13.4. The first-order valence-corrected chi connectivity index (χ1v) is 9.05. The largest absolute Gasteiger partial charge is 0.347 e. The van der Waals surface area contributed by atoms with Crippen molar-refractivity contribution in [3.05, 3.63) is 75.2 Å². The lowest BCUT2D eigenvalue weighted by Crippen LogP contribution is -2.22. The van der Waals surface area contributed by atoms with Crippen LogP contribution in [-0.2, 0) is 25.9 Å². The maximum Gasteiger partial charge on any atom is 0.261 e. The van der Waals surface area contributed by atoms with Gasteiger partial charge in [0.05, 0.1) is 11.4 Å². The second-order valence-corrected chi connectivity index (χ2v) is 7.20. The van der Waals surface area contributed by atoms with Crippen molar-refractivity contribution in [2.75, 3.05) is 0 Å². The zero-order chi connectivity index (χ0) is 16.4. The molecule has 2 aromatic heterocycles. The number of hydrogen-bond donors (Lipinski definition) is 1. The Labute approximate surface area is 145 Å². The molecule has 122 valence electrons. The Balaban J connectivity index is 1.44. The van der Waals surface area contributed by atoms with Gasteiger partial charge in [-0.2, -0.15) is 5.10 Å². The van der Waals surface area contributed by atoms with Crippen molar-refractivity contribution < 1.29 is 4.79 Å². The Morgan fingerprint density at radius 3 is 2.88 bits per heavy atom. The van der Waals surface area contributed by atoms with Gasteiger partial charge >= 0.3 is 0 Å². The molecular formula is C19H19N3OS. The van der Waals surface area contributed by atoms with Gasteiger partial charge in [-0.3, -0.25) is 9.48 Å². The van der Waals surface area contributed by atoms with Gasteiger partial charge in [-0.25, -0.2) is 0 Å². The van der Waals surface area contributed by atoms with Crippen LogP contribution < -0.4 is 5.32 Å². The van der Waals surface area contributed by atoms with Crippen LogP contribution in [0.1, 0.15) is 37.7 Å². The summed E-state index contributed by atoms with van der Waals surface area (Å²) in [7, 11) is 0. The molecule has 24 heavy (non-hydrogen) atoms. The fourth-order valence-corrected chi connectivity index (χ4v) is 4.33. The molecule has 1 aromatic carbocycles. The number of hydrogen-bond acceptors (Lipinski definition) is 3. The number of carbonyl (C=O) groups is 1. The SMILES string of the molecule is O=C(NCc1ccccc1Cn1cccn1)c1cc2c(s1)CCC2. The number of nitrogens with zero attached hydrogens (tertiary/aromatic N) is 2. The maximum atomic E-state index is 12.4. The van der Waals surface area contributed by atoms with Crippen molar-refractivity contribution in [2.24, 2.45) is 0 Å². The van der Waals surface area contributed by atoms with Gasteiger partial charge in [0.1, 0.15) is 0 Å². The molecule has 2 heterocycles. The Hall–Kier alpha value is -2.40. The molecule has 4 nitrogen and oxygen atoms in total. The third-order valence-corrected chi connectivity index (χ3v) is 5.66. The summed E-state index contributed by atoms with van der Waals surface area (Å²) in [5.41, 5.74) is 3.67. The van der Waals surface area contributed by atoms with Crippen molar-refractivity contribution in [2.45, 2.75) is 32.4 Å². The molecule has 4 rings (SSSR count). The topological polar surface area (TPSA) is 46.9 Å². The van der Waals surface area contributed by atoms with E-state index < -0.39 is 0 Å². The number of aromatic nitrogens is 2. The van der Waals surface area contributed by atoms with E-state index in [-0.39, 0.29) is 5.91 Å². The number of amides is 1.